The number of nitrogens with zero attached hydrogens (tertiary/aromatic N) is 1. The molecule has 0 spiro atoms. The lowest BCUT2D eigenvalue weighted by Crippen LogP contribution is -2.28. The third-order valence-electron chi connectivity index (χ3n) is 4.28. The van der Waals surface area contributed by atoms with Crippen molar-refractivity contribution in [2.45, 2.75) is 25.1 Å². The zero-order chi connectivity index (χ0) is 18.2. The summed E-state index contributed by atoms with van der Waals surface area (Å²) in [4.78, 5) is 15.5. The molecule has 0 aliphatic carbocycles. The lowest BCUT2D eigenvalue weighted by Gasteiger charge is -2.12. The van der Waals surface area contributed by atoms with Gasteiger partial charge in [-0.1, -0.05) is 6.07 Å². The van der Waals surface area contributed by atoms with Crippen LogP contribution in [0.15, 0.2) is 18.2 Å². The summed E-state index contributed by atoms with van der Waals surface area (Å²) < 4.78 is 45.0. The number of alkyl halides is 3. The van der Waals surface area contributed by atoms with E-state index in [0.717, 1.165) is 5.56 Å². The highest BCUT2D eigenvalue weighted by Gasteiger charge is 2.36. The van der Waals surface area contributed by atoms with Crippen molar-refractivity contribution in [3.05, 3.63) is 35.0 Å². The van der Waals surface area contributed by atoms with E-state index in [1.54, 1.807) is 18.2 Å². The van der Waals surface area contributed by atoms with Gasteiger partial charge < -0.3 is 19.9 Å². The summed E-state index contributed by atoms with van der Waals surface area (Å²) in [6, 6.07) is 5.06. The number of fused-ring (bicyclic) bond motifs is 1. The van der Waals surface area contributed by atoms with Crippen LogP contribution in [0.2, 0.25) is 0 Å². The highest BCUT2D eigenvalue weighted by Crippen LogP contribution is 2.36. The number of benzene rings is 1. The lowest BCUT2D eigenvalue weighted by molar-refractivity contribution is -0.141. The molecule has 0 saturated carbocycles. The number of aromatic nitrogens is 1. The maximum absolute atomic E-state index is 13.4. The Balaban J connectivity index is 1.95. The molecule has 0 radical (unpaired) electrons. The monoisotopic (exact) mass is 355 g/mol. The van der Waals surface area contributed by atoms with Crippen molar-refractivity contribution in [1.82, 2.24) is 15.2 Å². The fourth-order valence-corrected chi connectivity index (χ4v) is 3.08. The molecule has 1 aliphatic rings. The van der Waals surface area contributed by atoms with Crippen LogP contribution in [0.25, 0.3) is 10.9 Å². The molecule has 0 unspecified atom stereocenters. The summed E-state index contributed by atoms with van der Waals surface area (Å²) in [5, 5.41) is 3.26. The molecule has 3 rings (SSSR count). The predicted molar refractivity (Wildman–Crippen MR) is 87.5 cm³/mol. The second-order valence-corrected chi connectivity index (χ2v) is 6.55. The maximum atomic E-state index is 13.4. The van der Waals surface area contributed by atoms with Crippen LogP contribution in [0.1, 0.15) is 16.8 Å². The van der Waals surface area contributed by atoms with Crippen molar-refractivity contribution in [1.29, 1.82) is 0 Å². The van der Waals surface area contributed by atoms with Crippen molar-refractivity contribution < 1.29 is 22.7 Å². The molecular weight excluding hydrogens is 335 g/mol. The van der Waals surface area contributed by atoms with Gasteiger partial charge in [-0.05, 0) is 50.2 Å². The van der Waals surface area contributed by atoms with Crippen molar-refractivity contribution >= 4 is 17.0 Å². The summed E-state index contributed by atoms with van der Waals surface area (Å²) in [5.41, 5.74) is 0.933. The van der Waals surface area contributed by atoms with Gasteiger partial charge in [0.1, 0.15) is 12.3 Å². The second kappa shape index (κ2) is 6.59. The molecule has 136 valence electrons. The number of nitrogens with one attached hydrogen (secondary N) is 2. The van der Waals surface area contributed by atoms with Gasteiger partial charge in [0.25, 0.3) is 0 Å². The van der Waals surface area contributed by atoms with E-state index in [-0.39, 0.29) is 18.2 Å². The minimum absolute atomic E-state index is 0.156. The van der Waals surface area contributed by atoms with Crippen LogP contribution < -0.4 is 5.32 Å². The number of halogens is 3. The lowest BCUT2D eigenvalue weighted by atomic mass is 10.0. The van der Waals surface area contributed by atoms with Crippen molar-refractivity contribution in [2.75, 3.05) is 27.2 Å². The summed E-state index contributed by atoms with van der Waals surface area (Å²) in [6.07, 6.45) is -4.07. The number of ether oxygens (including phenoxy) is 1. The minimum atomic E-state index is -4.42. The zero-order valence-electron chi connectivity index (χ0n) is 14.0. The second-order valence-electron chi connectivity index (χ2n) is 6.55. The Kier molecular flexibility index (Phi) is 4.64. The minimum Gasteiger partial charge on any atom is -0.447 e. The fraction of sp³-hybridized carbons (Fsp3) is 0.471. The average Bonchev–Trinajstić information content (AvgIpc) is 3.08. The van der Waals surface area contributed by atoms with Gasteiger partial charge in [-0.25, -0.2) is 4.79 Å². The molecule has 5 nitrogen and oxygen atoms in total. The molecule has 1 saturated heterocycles. The summed E-state index contributed by atoms with van der Waals surface area (Å²) >= 11 is 0. The van der Waals surface area contributed by atoms with E-state index in [2.05, 4.69) is 10.3 Å². The third-order valence-corrected chi connectivity index (χ3v) is 4.28. The summed E-state index contributed by atoms with van der Waals surface area (Å²) in [7, 11) is 3.66. The van der Waals surface area contributed by atoms with E-state index in [1.807, 2.05) is 19.0 Å². The van der Waals surface area contributed by atoms with Gasteiger partial charge in [0, 0.05) is 17.4 Å². The molecule has 1 fully saturated rings. The normalized spacial score (nSPS) is 18.0. The van der Waals surface area contributed by atoms with Crippen LogP contribution in [0.4, 0.5) is 18.0 Å². The van der Waals surface area contributed by atoms with Gasteiger partial charge in [-0.3, -0.25) is 0 Å². The fourth-order valence-electron chi connectivity index (χ4n) is 3.08. The van der Waals surface area contributed by atoms with Crippen LogP contribution in [0.5, 0.6) is 0 Å². The molecule has 1 amide bonds. The van der Waals surface area contributed by atoms with Gasteiger partial charge in [0.15, 0.2) is 0 Å². The first kappa shape index (κ1) is 17.6. The number of rotatable bonds is 5. The Bertz CT molecular complexity index is 783. The number of amides is 1. The largest absolute Gasteiger partial charge is 0.447 e. The van der Waals surface area contributed by atoms with E-state index in [9.17, 15) is 18.0 Å². The molecule has 2 aromatic rings. The Morgan fingerprint density at radius 1 is 1.32 bits per heavy atom. The number of hydrogen-bond acceptors (Lipinski definition) is 3. The highest BCUT2D eigenvalue weighted by atomic mass is 19.4. The Labute approximate surface area is 143 Å². The summed E-state index contributed by atoms with van der Waals surface area (Å²) in [6.45, 7) is 0.790. The summed E-state index contributed by atoms with van der Waals surface area (Å²) in [5.74, 6) is 0. The smallest absolute Gasteiger partial charge is 0.431 e. The van der Waals surface area contributed by atoms with Crippen LogP contribution in [-0.4, -0.2) is 49.3 Å². The first-order valence-electron chi connectivity index (χ1n) is 8.02. The number of alkyl carbamates (subject to hydrolysis) is 1. The van der Waals surface area contributed by atoms with E-state index < -0.39 is 18.0 Å². The molecule has 1 aromatic heterocycles. The topological polar surface area (TPSA) is 57.4 Å². The van der Waals surface area contributed by atoms with Crippen LogP contribution in [0, 0.1) is 0 Å². The molecular formula is C17H20F3N3O2. The van der Waals surface area contributed by atoms with Gasteiger partial charge in [-0.2, -0.15) is 13.2 Å². The Morgan fingerprint density at radius 3 is 2.68 bits per heavy atom. The SMILES string of the molecule is CN(C)CCc1c(C(F)(F)F)[nH]c2ccc(C[C@H]3COC(=O)N3)cc12. The maximum Gasteiger partial charge on any atom is 0.431 e. The van der Waals surface area contributed by atoms with Crippen LogP contribution in [-0.2, 0) is 23.8 Å². The number of likely N-dealkylation sites (N-methyl/N-ethyl adjacent to an activating group) is 1. The standard InChI is InChI=1S/C17H20F3N3O2/c1-23(2)6-5-12-13-8-10(7-11-9-25-16(24)21-11)3-4-14(13)22-15(12)17(18,19)20/h3-4,8,11,22H,5-7,9H2,1-2H3,(H,21,24)/t11-/m0/s1. The van der Waals surface area contributed by atoms with Crippen molar-refractivity contribution in [3.63, 3.8) is 0 Å². The van der Waals surface area contributed by atoms with E-state index in [1.165, 1.54) is 0 Å². The number of hydrogen-bond donors (Lipinski definition) is 2. The molecule has 2 heterocycles. The van der Waals surface area contributed by atoms with Crippen molar-refractivity contribution in [3.8, 4) is 0 Å². The zero-order valence-corrected chi connectivity index (χ0v) is 14.0. The predicted octanol–water partition coefficient (Wildman–Crippen LogP) is 2.94. The third kappa shape index (κ3) is 3.89. The molecule has 1 atom stereocenters. The van der Waals surface area contributed by atoms with E-state index in [0.29, 0.717) is 30.3 Å². The number of cyclic esters (lactones) is 1. The van der Waals surface area contributed by atoms with Gasteiger partial charge >= 0.3 is 12.3 Å². The van der Waals surface area contributed by atoms with Gasteiger partial charge in [0.05, 0.1) is 6.04 Å². The number of carbonyl (C=O) groups excluding carboxylic acids is 1. The quantitative estimate of drug-likeness (QED) is 0.867. The Hall–Kier alpha value is -2.22. The van der Waals surface area contributed by atoms with Gasteiger partial charge in [0.2, 0.25) is 0 Å². The molecule has 1 aromatic carbocycles. The molecule has 25 heavy (non-hydrogen) atoms. The number of aromatic amines is 1. The Morgan fingerprint density at radius 2 is 2.08 bits per heavy atom. The molecule has 0 bridgehead atoms. The first-order valence-corrected chi connectivity index (χ1v) is 8.02. The van der Waals surface area contributed by atoms with Crippen molar-refractivity contribution in [2.24, 2.45) is 0 Å². The van der Waals surface area contributed by atoms with Crippen LogP contribution in [0.3, 0.4) is 0 Å². The van der Waals surface area contributed by atoms with E-state index in [4.69, 9.17) is 4.74 Å². The first-order chi connectivity index (χ1) is 11.7. The number of carbonyl (C=O) groups is 1. The van der Waals surface area contributed by atoms with E-state index >= 15 is 0 Å². The van der Waals surface area contributed by atoms with Crippen LogP contribution >= 0.6 is 0 Å². The molecule has 2 N–H and O–H groups in total. The average molecular weight is 355 g/mol. The number of H-pyrrole nitrogens is 1. The van der Waals surface area contributed by atoms with Gasteiger partial charge in [-0.15, -0.1) is 0 Å². The molecule has 1 aliphatic heterocycles. The molecule has 8 heteroatoms. The highest BCUT2D eigenvalue weighted by molar-refractivity contribution is 5.85.